The van der Waals surface area contributed by atoms with Crippen LogP contribution in [0.4, 0.5) is 10.1 Å². The molecule has 152 valence electrons. The highest BCUT2D eigenvalue weighted by atomic mass is 19.1. The van der Waals surface area contributed by atoms with E-state index in [0.717, 1.165) is 28.4 Å². The van der Waals surface area contributed by atoms with Gasteiger partial charge >= 0.3 is 0 Å². The third-order valence-corrected chi connectivity index (χ3v) is 4.66. The van der Waals surface area contributed by atoms with Crippen molar-refractivity contribution in [3.8, 4) is 17.5 Å². The largest absolute Gasteiger partial charge is 0.494 e. The van der Waals surface area contributed by atoms with Crippen molar-refractivity contribution < 1.29 is 13.9 Å². The molecule has 0 spiro atoms. The van der Waals surface area contributed by atoms with Crippen molar-refractivity contribution in [1.82, 2.24) is 4.57 Å². The van der Waals surface area contributed by atoms with Gasteiger partial charge < -0.3 is 14.6 Å². The lowest BCUT2D eigenvalue weighted by Crippen LogP contribution is -2.14. The quantitative estimate of drug-likeness (QED) is 0.456. The molecule has 0 saturated carbocycles. The van der Waals surface area contributed by atoms with E-state index in [1.807, 2.05) is 61.7 Å². The van der Waals surface area contributed by atoms with Gasteiger partial charge in [0.25, 0.3) is 5.91 Å². The summed E-state index contributed by atoms with van der Waals surface area (Å²) in [4.78, 5) is 12.5. The summed E-state index contributed by atoms with van der Waals surface area (Å²) >= 11 is 0. The number of benzene rings is 2. The number of hydrogen-bond donors (Lipinski definition) is 1. The maximum absolute atomic E-state index is 13.8. The van der Waals surface area contributed by atoms with Gasteiger partial charge in [-0.1, -0.05) is 12.1 Å². The molecule has 0 bridgehead atoms. The van der Waals surface area contributed by atoms with Gasteiger partial charge in [0.05, 0.1) is 12.3 Å². The summed E-state index contributed by atoms with van der Waals surface area (Å²) in [6.07, 6.45) is 1.52. The van der Waals surface area contributed by atoms with E-state index in [9.17, 15) is 14.4 Å². The lowest BCUT2D eigenvalue weighted by atomic mass is 10.1. The molecule has 0 fully saturated rings. The van der Waals surface area contributed by atoms with Crippen molar-refractivity contribution in [3.63, 3.8) is 0 Å². The Bertz CT molecular complexity index is 1140. The molecule has 5 nitrogen and oxygen atoms in total. The van der Waals surface area contributed by atoms with Crippen LogP contribution < -0.4 is 10.1 Å². The molecule has 0 atom stereocenters. The van der Waals surface area contributed by atoms with Crippen LogP contribution in [-0.4, -0.2) is 17.1 Å². The highest BCUT2D eigenvalue weighted by Gasteiger charge is 2.15. The number of amides is 1. The summed E-state index contributed by atoms with van der Waals surface area (Å²) in [5, 5.41) is 11.9. The van der Waals surface area contributed by atoms with E-state index in [-0.39, 0.29) is 11.3 Å². The number of para-hydroxylation sites is 1. The van der Waals surface area contributed by atoms with Crippen LogP contribution in [0.5, 0.6) is 5.75 Å². The zero-order valence-corrected chi connectivity index (χ0v) is 17.1. The smallest absolute Gasteiger partial charge is 0.266 e. The Kier molecular flexibility index (Phi) is 6.33. The van der Waals surface area contributed by atoms with E-state index < -0.39 is 11.7 Å². The number of carbonyl (C=O) groups excluding carboxylic acids is 1. The first-order chi connectivity index (χ1) is 14.4. The van der Waals surface area contributed by atoms with Gasteiger partial charge in [0.2, 0.25) is 0 Å². The molecule has 3 aromatic rings. The molecule has 0 aliphatic carbocycles. The molecule has 30 heavy (non-hydrogen) atoms. The highest BCUT2D eigenvalue weighted by molar-refractivity contribution is 6.09. The number of aromatic nitrogens is 1. The Morgan fingerprint density at radius 3 is 2.53 bits per heavy atom. The predicted octanol–water partition coefficient (Wildman–Crippen LogP) is 5.18. The summed E-state index contributed by atoms with van der Waals surface area (Å²) < 4.78 is 21.3. The molecule has 0 aliphatic heterocycles. The van der Waals surface area contributed by atoms with E-state index in [1.165, 1.54) is 24.3 Å². The van der Waals surface area contributed by atoms with Crippen LogP contribution in [0.15, 0.2) is 60.2 Å². The van der Waals surface area contributed by atoms with Crippen LogP contribution in [-0.2, 0) is 4.79 Å². The van der Waals surface area contributed by atoms with Crippen LogP contribution in [0, 0.1) is 31.0 Å². The topological polar surface area (TPSA) is 67.0 Å². The number of aryl methyl sites for hydroxylation is 1. The second-order valence-electron chi connectivity index (χ2n) is 6.69. The molecule has 1 N–H and O–H groups in total. The fourth-order valence-electron chi connectivity index (χ4n) is 3.25. The van der Waals surface area contributed by atoms with Crippen LogP contribution in [0.2, 0.25) is 0 Å². The second-order valence-corrected chi connectivity index (χ2v) is 6.69. The number of halogens is 1. The monoisotopic (exact) mass is 403 g/mol. The SMILES string of the molecule is CCOc1ccc(-n2c(C)cc(/C=C(/C#N)C(=O)Nc3ccccc3F)c2C)cc1. The Morgan fingerprint density at radius 1 is 1.20 bits per heavy atom. The zero-order valence-electron chi connectivity index (χ0n) is 17.1. The van der Waals surface area contributed by atoms with Gasteiger partial charge in [-0.05, 0) is 74.9 Å². The van der Waals surface area contributed by atoms with Crippen molar-refractivity contribution in [2.24, 2.45) is 0 Å². The van der Waals surface area contributed by atoms with Crippen LogP contribution in [0.1, 0.15) is 23.9 Å². The minimum atomic E-state index is -0.659. The molecule has 1 heterocycles. The van der Waals surface area contributed by atoms with Gasteiger partial charge in [-0.15, -0.1) is 0 Å². The van der Waals surface area contributed by atoms with Gasteiger partial charge in [-0.2, -0.15) is 5.26 Å². The van der Waals surface area contributed by atoms with Crippen LogP contribution in [0.3, 0.4) is 0 Å². The molecule has 1 aromatic heterocycles. The number of rotatable bonds is 6. The maximum Gasteiger partial charge on any atom is 0.266 e. The lowest BCUT2D eigenvalue weighted by molar-refractivity contribution is -0.112. The Morgan fingerprint density at radius 2 is 1.90 bits per heavy atom. The van der Waals surface area contributed by atoms with Gasteiger partial charge in [-0.3, -0.25) is 4.79 Å². The molecule has 3 rings (SSSR count). The van der Waals surface area contributed by atoms with Crippen molar-refractivity contribution in [2.45, 2.75) is 20.8 Å². The maximum atomic E-state index is 13.8. The van der Waals surface area contributed by atoms with Gasteiger partial charge in [0.1, 0.15) is 23.2 Å². The van der Waals surface area contributed by atoms with Crippen LogP contribution in [0.25, 0.3) is 11.8 Å². The summed E-state index contributed by atoms with van der Waals surface area (Å²) in [6, 6.07) is 17.3. The minimum Gasteiger partial charge on any atom is -0.494 e. The predicted molar refractivity (Wildman–Crippen MR) is 115 cm³/mol. The Hall–Kier alpha value is -3.85. The van der Waals surface area contributed by atoms with E-state index in [0.29, 0.717) is 6.61 Å². The van der Waals surface area contributed by atoms with E-state index >= 15 is 0 Å². The molecule has 1 amide bonds. The molecule has 6 heteroatoms. The molecule has 0 unspecified atom stereocenters. The van der Waals surface area contributed by atoms with Gasteiger partial charge in [0, 0.05) is 17.1 Å². The summed E-state index contributed by atoms with van der Waals surface area (Å²) in [5.74, 6) is -0.425. The first kappa shape index (κ1) is 20.9. The van der Waals surface area contributed by atoms with E-state index in [2.05, 4.69) is 5.32 Å². The number of nitriles is 1. The van der Waals surface area contributed by atoms with Crippen molar-refractivity contribution in [2.75, 3.05) is 11.9 Å². The number of nitrogens with one attached hydrogen (secondary N) is 1. The Labute approximate surface area is 175 Å². The van der Waals surface area contributed by atoms with Crippen molar-refractivity contribution in [1.29, 1.82) is 5.26 Å². The number of carbonyl (C=O) groups is 1. The zero-order chi connectivity index (χ0) is 21.7. The first-order valence-electron chi connectivity index (χ1n) is 9.54. The van der Waals surface area contributed by atoms with Crippen molar-refractivity contribution in [3.05, 3.63) is 82.9 Å². The average molecular weight is 403 g/mol. The van der Waals surface area contributed by atoms with E-state index in [4.69, 9.17) is 4.74 Å². The second kappa shape index (κ2) is 9.10. The summed E-state index contributed by atoms with van der Waals surface area (Å²) in [7, 11) is 0. The summed E-state index contributed by atoms with van der Waals surface area (Å²) in [6.45, 7) is 6.40. The van der Waals surface area contributed by atoms with Crippen LogP contribution >= 0.6 is 0 Å². The number of hydrogen-bond acceptors (Lipinski definition) is 3. The number of ether oxygens (including phenoxy) is 1. The van der Waals surface area contributed by atoms with Crippen molar-refractivity contribution >= 4 is 17.7 Å². The summed E-state index contributed by atoms with van der Waals surface area (Å²) in [5.41, 5.74) is 3.44. The molecule has 0 aliphatic rings. The fourth-order valence-corrected chi connectivity index (χ4v) is 3.25. The van der Waals surface area contributed by atoms with Gasteiger partial charge in [-0.25, -0.2) is 4.39 Å². The fraction of sp³-hybridized carbons (Fsp3) is 0.167. The minimum absolute atomic E-state index is 0.0310. The first-order valence-corrected chi connectivity index (χ1v) is 9.54. The van der Waals surface area contributed by atoms with E-state index in [1.54, 1.807) is 6.07 Å². The molecular weight excluding hydrogens is 381 g/mol. The third-order valence-electron chi connectivity index (χ3n) is 4.66. The Balaban J connectivity index is 1.90. The number of anilines is 1. The molecule has 0 saturated heterocycles. The highest BCUT2D eigenvalue weighted by Crippen LogP contribution is 2.25. The molecule has 0 radical (unpaired) electrons. The molecular formula is C24H22FN3O2. The normalized spacial score (nSPS) is 11.1. The standard InChI is InChI=1S/C24H22FN3O2/c1-4-30-21-11-9-20(10-12-21)28-16(2)13-18(17(28)3)14-19(15-26)24(29)27-23-8-6-5-7-22(23)25/h5-14H,4H2,1-3H3,(H,27,29)/b19-14-. The molecule has 2 aromatic carbocycles. The average Bonchev–Trinajstić information content (AvgIpc) is 3.01. The lowest BCUT2D eigenvalue weighted by Gasteiger charge is -2.11. The number of nitrogens with zero attached hydrogens (tertiary/aromatic N) is 2. The van der Waals surface area contributed by atoms with Gasteiger partial charge in [0.15, 0.2) is 0 Å². The third kappa shape index (κ3) is 4.41.